The maximum absolute atomic E-state index is 13.3. The molecular formula is C42H43F3N10O6. The predicted molar refractivity (Wildman–Crippen MR) is 218 cm³/mol. The fourth-order valence-electron chi connectivity index (χ4n) is 7.53. The fraction of sp³-hybridized carbons (Fsp3) is 0.333. The maximum Gasteiger partial charge on any atom is 0.490 e. The number of nitrogens with zero attached hydrogens (tertiary/aromatic N) is 7. The molecule has 2 amide bonds. The Morgan fingerprint density at radius 3 is 2.13 bits per heavy atom. The number of carbonyl (C=O) groups is 3. The lowest BCUT2D eigenvalue weighted by Crippen LogP contribution is -2.42. The van der Waals surface area contributed by atoms with Gasteiger partial charge in [-0.2, -0.15) is 23.1 Å². The van der Waals surface area contributed by atoms with Crippen LogP contribution in [0.25, 0.3) is 22.2 Å². The van der Waals surface area contributed by atoms with Gasteiger partial charge in [0.2, 0.25) is 11.9 Å². The first-order chi connectivity index (χ1) is 29.3. The van der Waals surface area contributed by atoms with Gasteiger partial charge >= 0.3 is 12.1 Å². The van der Waals surface area contributed by atoms with Crippen LogP contribution in [-0.4, -0.2) is 113 Å². The molecule has 0 radical (unpaired) electrons. The Balaban J connectivity index is 0.000000739. The molecule has 318 valence electrons. The fourth-order valence-corrected chi connectivity index (χ4v) is 7.53. The quantitative estimate of drug-likeness (QED) is 0.108. The van der Waals surface area contributed by atoms with E-state index in [0.717, 1.165) is 16.6 Å². The standard InChI is InChI=1S/C40H42N10O4.C2HF3O2/c1-2-33(51)46-30-19-32(36(53)35(30)52)50-23-43-34-37(42-20-27(24-11-5-3-6-12-24)25-13-7-4-8-14-25)47-40(48-38(34)50)49-18-17-26(22-49)44-39(54)31-21-41-28-15-9-10-16-29(28)45-31;3-2(4,5)1(6)7/h3-16,21,23,26-27,30,32,35-36,52-53H,2,17-20,22H2,1H3,(H,44,54)(H,46,51)(H,42,47,48);(H,6,7)/t26-,30+,32-,35-,36+;/m1./s1. The minimum Gasteiger partial charge on any atom is -0.475 e. The first-order valence-electron chi connectivity index (χ1n) is 19.6. The minimum absolute atomic E-state index is 0.00210. The number of fused-ring (bicyclic) bond motifs is 2. The topological polar surface area (TPSA) is 221 Å². The number of aliphatic hydroxyl groups excluding tert-OH is 2. The molecule has 5 atom stereocenters. The zero-order chi connectivity index (χ0) is 43.3. The van der Waals surface area contributed by atoms with E-state index in [4.69, 9.17) is 24.9 Å². The molecule has 6 aromatic rings. The zero-order valence-corrected chi connectivity index (χ0v) is 32.8. The van der Waals surface area contributed by atoms with E-state index in [2.05, 4.69) is 50.2 Å². The molecule has 61 heavy (non-hydrogen) atoms. The van der Waals surface area contributed by atoms with Crippen LogP contribution in [0.15, 0.2) is 97.5 Å². The molecule has 1 aliphatic carbocycles. The van der Waals surface area contributed by atoms with Gasteiger partial charge in [0.15, 0.2) is 17.0 Å². The lowest BCUT2D eigenvalue weighted by Gasteiger charge is -2.22. The van der Waals surface area contributed by atoms with Gasteiger partial charge < -0.3 is 40.7 Å². The summed E-state index contributed by atoms with van der Waals surface area (Å²) in [5.74, 6) is -2.30. The van der Waals surface area contributed by atoms with Crippen LogP contribution in [-0.2, 0) is 9.59 Å². The Hall–Kier alpha value is -6.73. The summed E-state index contributed by atoms with van der Waals surface area (Å²) in [6, 6.07) is 26.6. The number of hydrogen-bond donors (Lipinski definition) is 6. The number of carbonyl (C=O) groups excluding carboxylic acids is 2. The van der Waals surface area contributed by atoms with Crippen molar-refractivity contribution >= 4 is 51.7 Å². The van der Waals surface area contributed by atoms with Gasteiger partial charge in [0.25, 0.3) is 5.91 Å². The first-order valence-corrected chi connectivity index (χ1v) is 19.6. The van der Waals surface area contributed by atoms with Crippen molar-refractivity contribution in [1.82, 2.24) is 40.1 Å². The molecule has 2 aliphatic rings. The van der Waals surface area contributed by atoms with Crippen LogP contribution in [0.1, 0.15) is 59.8 Å². The molecule has 6 N–H and O–H groups in total. The number of rotatable bonds is 11. The van der Waals surface area contributed by atoms with E-state index >= 15 is 0 Å². The van der Waals surface area contributed by atoms with Crippen LogP contribution < -0.4 is 20.9 Å². The molecule has 1 saturated heterocycles. The normalized spacial score (nSPS) is 20.0. The van der Waals surface area contributed by atoms with Gasteiger partial charge in [-0.15, -0.1) is 0 Å². The van der Waals surface area contributed by atoms with Crippen molar-refractivity contribution in [2.75, 3.05) is 29.9 Å². The summed E-state index contributed by atoms with van der Waals surface area (Å²) >= 11 is 0. The summed E-state index contributed by atoms with van der Waals surface area (Å²) in [4.78, 5) is 60.1. The summed E-state index contributed by atoms with van der Waals surface area (Å²) in [6.07, 6.45) is -3.08. The molecule has 3 aromatic heterocycles. The average molecular weight is 841 g/mol. The Morgan fingerprint density at radius 2 is 1.49 bits per heavy atom. The van der Waals surface area contributed by atoms with E-state index in [9.17, 15) is 33.0 Å². The summed E-state index contributed by atoms with van der Waals surface area (Å²) in [6.45, 7) is 3.29. The van der Waals surface area contributed by atoms with Crippen LogP contribution in [0.3, 0.4) is 0 Å². The van der Waals surface area contributed by atoms with Crippen molar-refractivity contribution in [2.24, 2.45) is 0 Å². The van der Waals surface area contributed by atoms with Crippen molar-refractivity contribution < 1.29 is 42.9 Å². The van der Waals surface area contributed by atoms with Gasteiger partial charge in [0, 0.05) is 38.0 Å². The van der Waals surface area contributed by atoms with Gasteiger partial charge in [-0.3, -0.25) is 14.6 Å². The SMILES string of the molecule is CCC(=O)N[C@H]1C[C@@H](n2cnc3c(NCC(c4ccccc4)c4ccccc4)nc(N4CC[C@@H](NC(=O)c5cnc6ccccc6n5)C4)nc32)[C@H](O)[C@@H]1O.O=C(O)C(F)(F)F. The summed E-state index contributed by atoms with van der Waals surface area (Å²) in [5, 5.41) is 38.8. The number of halogens is 3. The second-order valence-corrected chi connectivity index (χ2v) is 14.7. The molecule has 0 unspecified atom stereocenters. The van der Waals surface area contributed by atoms with Crippen LogP contribution in [0.5, 0.6) is 0 Å². The van der Waals surface area contributed by atoms with Crippen molar-refractivity contribution in [3.05, 3.63) is 114 Å². The van der Waals surface area contributed by atoms with Gasteiger partial charge in [-0.1, -0.05) is 79.7 Å². The molecule has 2 fully saturated rings. The number of nitrogens with one attached hydrogen (secondary N) is 3. The zero-order valence-electron chi connectivity index (χ0n) is 32.8. The van der Waals surface area contributed by atoms with Gasteiger partial charge in [0.05, 0.1) is 35.6 Å². The number of anilines is 2. The molecule has 1 saturated carbocycles. The third-order valence-electron chi connectivity index (χ3n) is 10.7. The number of aromatic nitrogens is 6. The molecule has 0 bridgehead atoms. The van der Waals surface area contributed by atoms with Crippen LogP contribution in [0.4, 0.5) is 24.9 Å². The Morgan fingerprint density at radius 1 is 0.852 bits per heavy atom. The third kappa shape index (κ3) is 9.68. The monoisotopic (exact) mass is 840 g/mol. The smallest absolute Gasteiger partial charge is 0.475 e. The van der Waals surface area contributed by atoms with Crippen LogP contribution >= 0.6 is 0 Å². The molecule has 8 rings (SSSR count). The second-order valence-electron chi connectivity index (χ2n) is 14.7. The molecule has 16 nitrogen and oxygen atoms in total. The number of carboxylic acids is 1. The Bertz CT molecular complexity index is 2450. The number of hydrogen-bond acceptors (Lipinski definition) is 12. The number of aliphatic hydroxyl groups is 2. The number of para-hydroxylation sites is 2. The minimum atomic E-state index is -5.08. The maximum atomic E-state index is 13.3. The molecular weight excluding hydrogens is 798 g/mol. The van der Waals surface area contributed by atoms with E-state index in [1.807, 2.05) is 65.6 Å². The van der Waals surface area contributed by atoms with E-state index in [-0.39, 0.29) is 35.9 Å². The van der Waals surface area contributed by atoms with Crippen molar-refractivity contribution in [2.45, 2.75) is 68.6 Å². The van der Waals surface area contributed by atoms with E-state index in [0.29, 0.717) is 60.9 Å². The third-order valence-corrected chi connectivity index (χ3v) is 10.7. The van der Waals surface area contributed by atoms with Gasteiger partial charge in [0.1, 0.15) is 17.9 Å². The molecule has 0 spiro atoms. The van der Waals surface area contributed by atoms with Gasteiger partial charge in [-0.05, 0) is 36.1 Å². The highest BCUT2D eigenvalue weighted by atomic mass is 19.4. The number of carboxylic acid groups (broad SMARTS) is 1. The number of amides is 2. The average Bonchev–Trinajstić information content (AvgIpc) is 3.99. The molecule has 4 heterocycles. The van der Waals surface area contributed by atoms with E-state index in [1.54, 1.807) is 17.8 Å². The lowest BCUT2D eigenvalue weighted by atomic mass is 9.91. The highest BCUT2D eigenvalue weighted by Crippen LogP contribution is 2.36. The number of aliphatic carboxylic acids is 1. The number of alkyl halides is 3. The molecule has 19 heteroatoms. The summed E-state index contributed by atoms with van der Waals surface area (Å²) < 4.78 is 33.5. The second kappa shape index (κ2) is 18.3. The van der Waals surface area contributed by atoms with Gasteiger partial charge in [-0.25, -0.2) is 14.8 Å². The van der Waals surface area contributed by atoms with E-state index in [1.165, 1.54) is 6.20 Å². The van der Waals surface area contributed by atoms with Crippen LogP contribution in [0, 0.1) is 0 Å². The highest BCUT2D eigenvalue weighted by molar-refractivity contribution is 5.94. The summed E-state index contributed by atoms with van der Waals surface area (Å²) in [7, 11) is 0. The molecule has 3 aromatic carbocycles. The Kier molecular flexibility index (Phi) is 12.7. The lowest BCUT2D eigenvalue weighted by molar-refractivity contribution is -0.192. The molecule has 1 aliphatic heterocycles. The first kappa shape index (κ1) is 42.4. The van der Waals surface area contributed by atoms with E-state index < -0.39 is 36.4 Å². The van der Waals surface area contributed by atoms with Crippen molar-refractivity contribution in [3.8, 4) is 0 Å². The Labute approximate surface area is 346 Å². The largest absolute Gasteiger partial charge is 0.490 e. The highest BCUT2D eigenvalue weighted by Gasteiger charge is 2.44. The van der Waals surface area contributed by atoms with Crippen molar-refractivity contribution in [3.63, 3.8) is 0 Å². The number of benzene rings is 3. The summed E-state index contributed by atoms with van der Waals surface area (Å²) in [5.41, 5.74) is 4.90. The van der Waals surface area contributed by atoms with Crippen molar-refractivity contribution in [1.29, 1.82) is 0 Å². The predicted octanol–water partition coefficient (Wildman–Crippen LogP) is 4.22. The van der Waals surface area contributed by atoms with Crippen LogP contribution in [0.2, 0.25) is 0 Å². The number of imidazole rings is 1.